The van der Waals surface area contributed by atoms with Crippen LogP contribution in [0.2, 0.25) is 0 Å². The van der Waals surface area contributed by atoms with E-state index in [1.165, 1.54) is 9.80 Å². The summed E-state index contributed by atoms with van der Waals surface area (Å²) in [6.45, 7) is 0.733. The predicted molar refractivity (Wildman–Crippen MR) is 108 cm³/mol. The quantitative estimate of drug-likeness (QED) is 0.561. The lowest BCUT2D eigenvalue weighted by molar-refractivity contribution is -0.147. The predicted octanol–water partition coefficient (Wildman–Crippen LogP) is -0.261. The standard InChI is InChI=1S/C21H28N4O5/c22-13-18(26)24-10-5-9-17(24)20(28)25-11-4-8-16(25)19(27)23-15(21(29)30)12-14-6-2-1-3-7-14/h1-3,6-7,15-17H,4-5,8-13,22H2,(H,23,27)(H,29,30). The van der Waals surface area contributed by atoms with Crippen molar-refractivity contribution in [2.75, 3.05) is 19.6 Å². The molecule has 0 aliphatic carbocycles. The van der Waals surface area contributed by atoms with Gasteiger partial charge < -0.3 is 26.0 Å². The topological polar surface area (TPSA) is 133 Å². The fourth-order valence-electron chi connectivity index (χ4n) is 4.25. The van der Waals surface area contributed by atoms with E-state index in [4.69, 9.17) is 5.73 Å². The number of hydrogen-bond donors (Lipinski definition) is 3. The number of carboxylic acids is 1. The third-order valence-corrected chi connectivity index (χ3v) is 5.77. The van der Waals surface area contributed by atoms with Crippen molar-refractivity contribution in [2.45, 2.75) is 50.2 Å². The van der Waals surface area contributed by atoms with Crippen LogP contribution in [-0.2, 0) is 25.6 Å². The average molecular weight is 416 g/mol. The Morgan fingerprint density at radius 1 is 1.03 bits per heavy atom. The van der Waals surface area contributed by atoms with Gasteiger partial charge in [0.25, 0.3) is 0 Å². The van der Waals surface area contributed by atoms with Gasteiger partial charge in [-0.15, -0.1) is 0 Å². The largest absolute Gasteiger partial charge is 0.480 e. The Bertz CT molecular complexity index is 800. The van der Waals surface area contributed by atoms with Crippen LogP contribution < -0.4 is 11.1 Å². The van der Waals surface area contributed by atoms with Gasteiger partial charge in [-0.3, -0.25) is 14.4 Å². The van der Waals surface area contributed by atoms with Crippen LogP contribution in [0, 0.1) is 0 Å². The van der Waals surface area contributed by atoms with Crippen LogP contribution >= 0.6 is 0 Å². The molecule has 3 atom stereocenters. The number of nitrogens with two attached hydrogens (primary N) is 1. The number of carbonyl (C=O) groups excluding carboxylic acids is 3. The van der Waals surface area contributed by atoms with E-state index >= 15 is 0 Å². The van der Waals surface area contributed by atoms with Gasteiger partial charge in [-0.2, -0.15) is 0 Å². The molecule has 9 heteroatoms. The smallest absolute Gasteiger partial charge is 0.326 e. The second kappa shape index (κ2) is 9.71. The van der Waals surface area contributed by atoms with Crippen LogP contribution in [0.4, 0.5) is 0 Å². The molecule has 2 heterocycles. The maximum Gasteiger partial charge on any atom is 0.326 e. The van der Waals surface area contributed by atoms with E-state index in [0.717, 1.165) is 5.56 Å². The van der Waals surface area contributed by atoms with Gasteiger partial charge in [0.15, 0.2) is 0 Å². The molecule has 3 unspecified atom stereocenters. The second-order valence-corrected chi connectivity index (χ2v) is 7.73. The number of likely N-dealkylation sites (tertiary alicyclic amines) is 2. The number of aliphatic carboxylic acids is 1. The van der Waals surface area contributed by atoms with Crippen LogP contribution in [0.5, 0.6) is 0 Å². The molecule has 2 fully saturated rings. The molecule has 3 rings (SSSR count). The molecular formula is C21H28N4O5. The lowest BCUT2D eigenvalue weighted by atomic mass is 10.1. The molecule has 30 heavy (non-hydrogen) atoms. The molecule has 1 aromatic carbocycles. The number of benzene rings is 1. The van der Waals surface area contributed by atoms with E-state index < -0.39 is 30.0 Å². The molecular weight excluding hydrogens is 388 g/mol. The molecule has 0 spiro atoms. The molecule has 3 amide bonds. The first-order valence-corrected chi connectivity index (χ1v) is 10.3. The maximum atomic E-state index is 13.1. The summed E-state index contributed by atoms with van der Waals surface area (Å²) < 4.78 is 0. The number of nitrogens with one attached hydrogen (secondary N) is 1. The van der Waals surface area contributed by atoms with E-state index in [0.29, 0.717) is 38.8 Å². The molecule has 0 saturated carbocycles. The van der Waals surface area contributed by atoms with E-state index in [2.05, 4.69) is 5.32 Å². The summed E-state index contributed by atoms with van der Waals surface area (Å²) in [5.41, 5.74) is 6.25. The first-order valence-electron chi connectivity index (χ1n) is 10.3. The molecule has 9 nitrogen and oxygen atoms in total. The van der Waals surface area contributed by atoms with Gasteiger partial charge in [0.05, 0.1) is 6.54 Å². The number of amides is 3. The summed E-state index contributed by atoms with van der Waals surface area (Å²) in [6, 6.07) is 6.64. The third kappa shape index (κ3) is 4.79. The Hall–Kier alpha value is -2.94. The van der Waals surface area contributed by atoms with Crippen molar-refractivity contribution in [3.8, 4) is 0 Å². The van der Waals surface area contributed by atoms with Gasteiger partial charge in [0, 0.05) is 19.5 Å². The fraction of sp³-hybridized carbons (Fsp3) is 0.524. The number of carboxylic acid groups (broad SMARTS) is 1. The number of nitrogens with zero attached hydrogens (tertiary/aromatic N) is 2. The molecule has 2 aliphatic heterocycles. The molecule has 162 valence electrons. The highest BCUT2D eigenvalue weighted by Crippen LogP contribution is 2.25. The Morgan fingerprint density at radius 3 is 2.30 bits per heavy atom. The van der Waals surface area contributed by atoms with E-state index in [-0.39, 0.29) is 24.8 Å². The van der Waals surface area contributed by atoms with E-state index in [1.54, 1.807) is 12.1 Å². The van der Waals surface area contributed by atoms with Crippen molar-refractivity contribution in [1.29, 1.82) is 0 Å². The maximum absolute atomic E-state index is 13.1. The Labute approximate surface area is 175 Å². The van der Waals surface area contributed by atoms with Crippen LogP contribution in [-0.4, -0.2) is 76.4 Å². The molecule has 4 N–H and O–H groups in total. The van der Waals surface area contributed by atoms with Crippen molar-refractivity contribution in [3.05, 3.63) is 35.9 Å². The zero-order chi connectivity index (χ0) is 21.7. The van der Waals surface area contributed by atoms with E-state index in [1.807, 2.05) is 18.2 Å². The lowest BCUT2D eigenvalue weighted by Crippen LogP contribution is -2.55. The Kier molecular flexibility index (Phi) is 7.04. The van der Waals surface area contributed by atoms with Crippen molar-refractivity contribution in [2.24, 2.45) is 5.73 Å². The fourth-order valence-corrected chi connectivity index (χ4v) is 4.25. The molecule has 2 aliphatic rings. The lowest BCUT2D eigenvalue weighted by Gasteiger charge is -2.31. The SMILES string of the molecule is NCC(=O)N1CCCC1C(=O)N1CCCC1C(=O)NC(Cc1ccccc1)C(=O)O. The highest BCUT2D eigenvalue weighted by Gasteiger charge is 2.42. The average Bonchev–Trinajstić information content (AvgIpc) is 3.42. The highest BCUT2D eigenvalue weighted by atomic mass is 16.4. The third-order valence-electron chi connectivity index (χ3n) is 5.77. The van der Waals surface area contributed by atoms with Gasteiger partial charge in [0.2, 0.25) is 17.7 Å². The zero-order valence-electron chi connectivity index (χ0n) is 16.8. The summed E-state index contributed by atoms with van der Waals surface area (Å²) in [4.78, 5) is 52.7. The van der Waals surface area contributed by atoms with Crippen LogP contribution in [0.3, 0.4) is 0 Å². The van der Waals surface area contributed by atoms with Crippen LogP contribution in [0.15, 0.2) is 30.3 Å². The minimum absolute atomic E-state index is 0.157. The van der Waals surface area contributed by atoms with Crippen molar-refractivity contribution < 1.29 is 24.3 Å². The van der Waals surface area contributed by atoms with Gasteiger partial charge in [0.1, 0.15) is 18.1 Å². The number of carbonyl (C=O) groups is 4. The van der Waals surface area contributed by atoms with Gasteiger partial charge in [-0.05, 0) is 31.2 Å². The Morgan fingerprint density at radius 2 is 1.67 bits per heavy atom. The zero-order valence-corrected chi connectivity index (χ0v) is 16.8. The van der Waals surface area contributed by atoms with Crippen LogP contribution in [0.25, 0.3) is 0 Å². The minimum atomic E-state index is -1.13. The van der Waals surface area contributed by atoms with Crippen molar-refractivity contribution >= 4 is 23.7 Å². The normalized spacial score (nSPS) is 22.0. The summed E-state index contributed by atoms with van der Waals surface area (Å²) in [6.07, 6.45) is 2.53. The second-order valence-electron chi connectivity index (χ2n) is 7.73. The molecule has 1 aromatic rings. The molecule has 0 bridgehead atoms. The minimum Gasteiger partial charge on any atom is -0.480 e. The van der Waals surface area contributed by atoms with Crippen LogP contribution in [0.1, 0.15) is 31.2 Å². The monoisotopic (exact) mass is 416 g/mol. The molecule has 2 saturated heterocycles. The first-order chi connectivity index (χ1) is 14.4. The summed E-state index contributed by atoms with van der Waals surface area (Å²) in [5, 5.41) is 12.1. The Balaban J connectivity index is 1.67. The molecule has 0 aromatic heterocycles. The summed E-state index contributed by atoms with van der Waals surface area (Å²) in [7, 11) is 0. The first kappa shape index (κ1) is 21.8. The number of hydrogen-bond acceptors (Lipinski definition) is 5. The summed E-state index contributed by atoms with van der Waals surface area (Å²) in [5.74, 6) is -2.14. The van der Waals surface area contributed by atoms with Gasteiger partial charge in [-0.25, -0.2) is 4.79 Å². The van der Waals surface area contributed by atoms with Crippen molar-refractivity contribution in [3.63, 3.8) is 0 Å². The van der Waals surface area contributed by atoms with E-state index in [9.17, 15) is 24.3 Å². The number of rotatable bonds is 7. The highest BCUT2D eigenvalue weighted by molar-refractivity contribution is 5.94. The molecule has 0 radical (unpaired) electrons. The van der Waals surface area contributed by atoms with Crippen molar-refractivity contribution in [1.82, 2.24) is 15.1 Å². The summed E-state index contributed by atoms with van der Waals surface area (Å²) >= 11 is 0. The van der Waals surface area contributed by atoms with Gasteiger partial charge >= 0.3 is 5.97 Å². The van der Waals surface area contributed by atoms with Gasteiger partial charge in [-0.1, -0.05) is 30.3 Å².